The first-order chi connectivity index (χ1) is 12.8. The van der Waals surface area contributed by atoms with Crippen LogP contribution in [0, 0.1) is 0 Å². The van der Waals surface area contributed by atoms with Gasteiger partial charge in [-0.2, -0.15) is 5.10 Å². The van der Waals surface area contributed by atoms with Gasteiger partial charge in [0, 0.05) is 18.3 Å². The quantitative estimate of drug-likeness (QED) is 0.560. The Bertz CT molecular complexity index is 1030. The number of hydrogen-bond donors (Lipinski definition) is 1. The zero-order valence-corrected chi connectivity index (χ0v) is 13.9. The summed E-state index contributed by atoms with van der Waals surface area (Å²) in [4.78, 5) is 16.4. The number of oxazole rings is 1. The number of anilines is 1. The van der Waals surface area contributed by atoms with Crippen LogP contribution in [0.25, 0.3) is 17.2 Å². The van der Waals surface area contributed by atoms with Crippen molar-refractivity contribution in [2.75, 3.05) is 5.32 Å². The molecule has 4 rings (SSSR count). The highest BCUT2D eigenvalue weighted by atomic mass is 16.3. The van der Waals surface area contributed by atoms with Gasteiger partial charge < -0.3 is 9.73 Å². The van der Waals surface area contributed by atoms with Crippen LogP contribution in [0.5, 0.6) is 0 Å². The predicted octanol–water partition coefficient (Wildman–Crippen LogP) is 3.72. The third-order valence-electron chi connectivity index (χ3n) is 3.78. The zero-order valence-electron chi connectivity index (χ0n) is 13.9. The summed E-state index contributed by atoms with van der Waals surface area (Å²) in [6.07, 6.45) is 6.34. The molecule has 1 N–H and O–H groups in total. The lowest BCUT2D eigenvalue weighted by Gasteiger charge is -2.00. The van der Waals surface area contributed by atoms with Crippen LogP contribution in [-0.2, 0) is 11.3 Å². The van der Waals surface area contributed by atoms with E-state index in [1.54, 1.807) is 23.2 Å². The van der Waals surface area contributed by atoms with Crippen LogP contribution in [0.1, 0.15) is 11.5 Å². The van der Waals surface area contributed by atoms with Crippen LogP contribution in [0.3, 0.4) is 0 Å². The Kier molecular flexibility index (Phi) is 4.30. The Hall–Kier alpha value is -3.67. The predicted molar refractivity (Wildman–Crippen MR) is 99.4 cm³/mol. The van der Waals surface area contributed by atoms with Crippen molar-refractivity contribution in [2.45, 2.75) is 6.54 Å². The van der Waals surface area contributed by atoms with E-state index >= 15 is 0 Å². The number of aromatic nitrogens is 3. The maximum atomic E-state index is 12.1. The zero-order chi connectivity index (χ0) is 17.8. The molecule has 0 spiro atoms. The monoisotopic (exact) mass is 344 g/mol. The minimum absolute atomic E-state index is 0.272. The second-order valence-corrected chi connectivity index (χ2v) is 5.75. The minimum Gasteiger partial charge on any atom is -0.437 e. The fourth-order valence-corrected chi connectivity index (χ4v) is 2.58. The molecule has 0 bridgehead atoms. The van der Waals surface area contributed by atoms with E-state index in [2.05, 4.69) is 15.4 Å². The second kappa shape index (κ2) is 7.06. The summed E-state index contributed by atoms with van der Waals surface area (Å²) in [5.74, 6) is 0.118. The Morgan fingerprint density at radius 3 is 2.77 bits per heavy atom. The Balaban J connectivity index is 1.38. The van der Waals surface area contributed by atoms with Gasteiger partial charge in [0.15, 0.2) is 5.58 Å². The molecule has 0 aliphatic rings. The molecule has 6 nitrogen and oxygen atoms in total. The van der Waals surface area contributed by atoms with Crippen LogP contribution in [0.4, 0.5) is 5.69 Å². The summed E-state index contributed by atoms with van der Waals surface area (Å²) in [7, 11) is 0. The molecule has 2 heterocycles. The summed E-state index contributed by atoms with van der Waals surface area (Å²) in [5.41, 5.74) is 3.22. The standard InChI is InChI=1S/C20H16N4O2/c25-19(10-11-20-23-17-8-4-5-9-18(17)26-20)22-16-12-21-24(14-16)13-15-6-2-1-3-7-15/h1-12,14H,13H2,(H,22,25)/b11-10+. The number of fused-ring (bicyclic) bond motifs is 1. The number of carbonyl (C=O) groups is 1. The molecular weight excluding hydrogens is 328 g/mol. The molecule has 0 saturated carbocycles. The van der Waals surface area contributed by atoms with Gasteiger partial charge in [0.05, 0.1) is 18.4 Å². The number of para-hydroxylation sites is 2. The summed E-state index contributed by atoms with van der Waals surface area (Å²) >= 11 is 0. The Morgan fingerprint density at radius 2 is 1.92 bits per heavy atom. The molecule has 0 aliphatic carbocycles. The molecule has 4 aromatic rings. The molecule has 1 amide bonds. The van der Waals surface area contributed by atoms with Gasteiger partial charge in [-0.25, -0.2) is 4.98 Å². The molecule has 0 atom stereocenters. The molecular formula is C20H16N4O2. The maximum Gasteiger partial charge on any atom is 0.248 e. The largest absolute Gasteiger partial charge is 0.437 e. The van der Waals surface area contributed by atoms with Gasteiger partial charge in [0.1, 0.15) is 5.52 Å². The number of nitrogens with one attached hydrogen (secondary N) is 1. The molecule has 0 fully saturated rings. The van der Waals surface area contributed by atoms with Crippen LogP contribution in [-0.4, -0.2) is 20.7 Å². The highest BCUT2D eigenvalue weighted by Gasteiger charge is 2.04. The topological polar surface area (TPSA) is 73.0 Å². The number of rotatable bonds is 5. The molecule has 0 aliphatic heterocycles. The SMILES string of the molecule is O=C(/C=C/c1nc2ccccc2o1)Nc1cnn(Cc2ccccc2)c1. The Morgan fingerprint density at radius 1 is 1.12 bits per heavy atom. The van der Waals surface area contributed by atoms with Crippen LogP contribution in [0.2, 0.25) is 0 Å². The molecule has 0 saturated heterocycles. The first-order valence-electron chi connectivity index (χ1n) is 8.17. The van der Waals surface area contributed by atoms with E-state index in [-0.39, 0.29) is 5.91 Å². The molecule has 6 heteroatoms. The number of nitrogens with zero attached hydrogens (tertiary/aromatic N) is 3. The van der Waals surface area contributed by atoms with Crippen molar-refractivity contribution in [3.63, 3.8) is 0 Å². The van der Waals surface area contributed by atoms with Crippen LogP contribution >= 0.6 is 0 Å². The van der Waals surface area contributed by atoms with E-state index in [9.17, 15) is 4.79 Å². The lowest BCUT2D eigenvalue weighted by molar-refractivity contribution is -0.111. The van der Waals surface area contributed by atoms with Crippen molar-refractivity contribution in [1.82, 2.24) is 14.8 Å². The maximum absolute atomic E-state index is 12.1. The summed E-state index contributed by atoms with van der Waals surface area (Å²) < 4.78 is 7.32. The van der Waals surface area contributed by atoms with E-state index in [1.165, 1.54) is 6.08 Å². The van der Waals surface area contributed by atoms with Gasteiger partial charge in [-0.05, 0) is 17.7 Å². The molecule has 128 valence electrons. The smallest absolute Gasteiger partial charge is 0.248 e. The van der Waals surface area contributed by atoms with E-state index in [0.29, 0.717) is 23.7 Å². The highest BCUT2D eigenvalue weighted by molar-refractivity contribution is 6.01. The highest BCUT2D eigenvalue weighted by Crippen LogP contribution is 2.15. The molecule has 2 aromatic heterocycles. The molecule has 2 aromatic carbocycles. The van der Waals surface area contributed by atoms with E-state index < -0.39 is 0 Å². The summed E-state index contributed by atoms with van der Waals surface area (Å²) in [6, 6.07) is 17.5. The van der Waals surface area contributed by atoms with Gasteiger partial charge in [0.25, 0.3) is 0 Å². The Labute approximate surface area is 149 Å². The first-order valence-corrected chi connectivity index (χ1v) is 8.17. The van der Waals surface area contributed by atoms with Crippen molar-refractivity contribution >= 4 is 28.8 Å². The van der Waals surface area contributed by atoms with Crippen molar-refractivity contribution in [3.8, 4) is 0 Å². The van der Waals surface area contributed by atoms with Crippen LogP contribution in [0.15, 0.2) is 77.5 Å². The van der Waals surface area contributed by atoms with E-state index in [1.807, 2.05) is 54.6 Å². The second-order valence-electron chi connectivity index (χ2n) is 5.75. The molecule has 0 radical (unpaired) electrons. The summed E-state index contributed by atoms with van der Waals surface area (Å²) in [5, 5.41) is 7.03. The average molecular weight is 344 g/mol. The number of amides is 1. The minimum atomic E-state index is -0.272. The van der Waals surface area contributed by atoms with Gasteiger partial charge in [0.2, 0.25) is 11.8 Å². The van der Waals surface area contributed by atoms with Crippen molar-refractivity contribution < 1.29 is 9.21 Å². The normalized spacial score (nSPS) is 11.2. The number of benzene rings is 2. The first kappa shape index (κ1) is 15.8. The van der Waals surface area contributed by atoms with Crippen molar-refractivity contribution in [2.24, 2.45) is 0 Å². The van der Waals surface area contributed by atoms with E-state index in [4.69, 9.17) is 4.42 Å². The fraction of sp³-hybridized carbons (Fsp3) is 0.0500. The van der Waals surface area contributed by atoms with Gasteiger partial charge in [-0.3, -0.25) is 9.48 Å². The molecule has 26 heavy (non-hydrogen) atoms. The van der Waals surface area contributed by atoms with E-state index in [0.717, 1.165) is 11.1 Å². The fourth-order valence-electron chi connectivity index (χ4n) is 2.58. The van der Waals surface area contributed by atoms with Gasteiger partial charge in [-0.15, -0.1) is 0 Å². The number of hydrogen-bond acceptors (Lipinski definition) is 4. The van der Waals surface area contributed by atoms with Gasteiger partial charge >= 0.3 is 0 Å². The van der Waals surface area contributed by atoms with Crippen molar-refractivity contribution in [1.29, 1.82) is 0 Å². The third kappa shape index (κ3) is 3.70. The third-order valence-corrected chi connectivity index (χ3v) is 3.78. The average Bonchev–Trinajstić information content (AvgIpc) is 3.27. The lowest BCUT2D eigenvalue weighted by atomic mass is 10.2. The lowest BCUT2D eigenvalue weighted by Crippen LogP contribution is -2.07. The van der Waals surface area contributed by atoms with Crippen LogP contribution < -0.4 is 5.32 Å². The molecule has 0 unspecified atom stereocenters. The summed E-state index contributed by atoms with van der Waals surface area (Å²) in [6.45, 7) is 0.648. The number of carbonyl (C=O) groups excluding carboxylic acids is 1. The van der Waals surface area contributed by atoms with Gasteiger partial charge in [-0.1, -0.05) is 42.5 Å². The van der Waals surface area contributed by atoms with Crippen molar-refractivity contribution in [3.05, 3.63) is 84.5 Å².